The van der Waals surface area contributed by atoms with Gasteiger partial charge in [-0.15, -0.1) is 0 Å². The van der Waals surface area contributed by atoms with Gasteiger partial charge in [-0.1, -0.05) is 11.6 Å². The average molecular weight is 597 g/mol. The van der Waals surface area contributed by atoms with Crippen LogP contribution in [0.15, 0.2) is 23.9 Å². The Balaban J connectivity index is 1.64. The van der Waals surface area contributed by atoms with Gasteiger partial charge < -0.3 is 30.7 Å². The van der Waals surface area contributed by atoms with Crippen molar-refractivity contribution in [3.63, 3.8) is 0 Å². The maximum absolute atomic E-state index is 12.6. The number of hydrogen-bond acceptors (Lipinski definition) is 9. The third-order valence-corrected chi connectivity index (χ3v) is 7.68. The molecule has 224 valence electrons. The number of carbonyl (C=O) groups excluding carboxylic acids is 1. The molecule has 2 aromatic rings. The van der Waals surface area contributed by atoms with Crippen molar-refractivity contribution < 1.29 is 27.8 Å². The molecule has 4 N–H and O–H groups in total. The Morgan fingerprint density at radius 1 is 1.24 bits per heavy atom. The molecule has 0 saturated carbocycles. The van der Waals surface area contributed by atoms with Crippen LogP contribution in [0.4, 0.5) is 19.0 Å². The van der Waals surface area contributed by atoms with E-state index in [0.717, 1.165) is 0 Å². The van der Waals surface area contributed by atoms with Gasteiger partial charge in [0.1, 0.15) is 24.3 Å². The molecule has 3 heterocycles. The Kier molecular flexibility index (Phi) is 9.17. The molecule has 4 rings (SSSR count). The number of aliphatic hydroxyl groups is 1. The van der Waals surface area contributed by atoms with Crippen molar-refractivity contribution in [2.24, 2.45) is 11.1 Å². The SMILES string of the molecule is CNC[C@@H](O)COc1ccc(Cl)c(-c2nc(C(C(C)=O)=C(C)N)c(C)c(N3CC4(CN(CCC(F)(F)F)C4)C3)n2)c1. The Bertz CT molecular complexity index is 1320. The number of nitrogens with zero attached hydrogens (tertiary/aromatic N) is 4. The molecule has 2 aliphatic rings. The summed E-state index contributed by atoms with van der Waals surface area (Å²) in [6, 6.07) is 5.01. The first-order chi connectivity index (χ1) is 19.2. The number of hydrogen-bond donors (Lipinski definition) is 3. The van der Waals surface area contributed by atoms with Crippen LogP contribution >= 0.6 is 11.6 Å². The fourth-order valence-corrected chi connectivity index (χ4v) is 5.72. The minimum atomic E-state index is -4.17. The number of aliphatic hydroxyl groups excluding tert-OH is 1. The van der Waals surface area contributed by atoms with Crippen molar-refractivity contribution in [1.29, 1.82) is 0 Å². The fraction of sp³-hybridized carbons (Fsp3) is 0.536. The number of carbonyl (C=O) groups is 1. The number of Topliss-reactive ketones (excluding diaryl/α,β-unsaturated/α-hetero) is 1. The second-order valence-electron chi connectivity index (χ2n) is 11.1. The molecule has 2 aliphatic heterocycles. The Labute approximate surface area is 242 Å². The van der Waals surface area contributed by atoms with Crippen LogP contribution in [0.2, 0.25) is 5.02 Å². The number of likely N-dealkylation sites (tertiary alicyclic amines) is 1. The van der Waals surface area contributed by atoms with Gasteiger partial charge in [0, 0.05) is 61.5 Å². The molecule has 0 aliphatic carbocycles. The van der Waals surface area contributed by atoms with E-state index in [2.05, 4.69) is 10.2 Å². The van der Waals surface area contributed by atoms with Gasteiger partial charge in [0.2, 0.25) is 0 Å². The highest BCUT2D eigenvalue weighted by Crippen LogP contribution is 2.44. The van der Waals surface area contributed by atoms with Crippen LogP contribution in [0.3, 0.4) is 0 Å². The first-order valence-corrected chi connectivity index (χ1v) is 13.8. The fourth-order valence-electron chi connectivity index (χ4n) is 5.52. The van der Waals surface area contributed by atoms with Crippen molar-refractivity contribution in [3.8, 4) is 17.1 Å². The molecule has 0 amide bonds. The predicted molar refractivity (Wildman–Crippen MR) is 152 cm³/mol. The predicted octanol–water partition coefficient (Wildman–Crippen LogP) is 3.42. The molecule has 1 aromatic heterocycles. The minimum Gasteiger partial charge on any atom is -0.491 e. The Morgan fingerprint density at radius 3 is 2.51 bits per heavy atom. The maximum atomic E-state index is 12.6. The van der Waals surface area contributed by atoms with Gasteiger partial charge in [0.25, 0.3) is 0 Å². The number of ketones is 1. The van der Waals surface area contributed by atoms with E-state index in [-0.39, 0.29) is 35.7 Å². The van der Waals surface area contributed by atoms with Crippen molar-refractivity contribution in [2.75, 3.05) is 57.8 Å². The summed E-state index contributed by atoms with van der Waals surface area (Å²) in [6.45, 7) is 7.73. The van der Waals surface area contributed by atoms with Gasteiger partial charge in [0.15, 0.2) is 11.6 Å². The first kappa shape index (κ1) is 31.0. The number of nitrogens with two attached hydrogens (primary N) is 1. The number of likely N-dealkylation sites (N-methyl/N-ethyl adjacent to an activating group) is 1. The van der Waals surface area contributed by atoms with Gasteiger partial charge in [-0.2, -0.15) is 13.2 Å². The average Bonchev–Trinajstić information content (AvgIpc) is 2.82. The number of rotatable bonds is 11. The summed E-state index contributed by atoms with van der Waals surface area (Å²) in [5.41, 5.74) is 8.17. The number of nitrogens with one attached hydrogen (secondary N) is 1. The van der Waals surface area contributed by atoms with E-state index in [4.69, 9.17) is 32.0 Å². The summed E-state index contributed by atoms with van der Waals surface area (Å²) in [4.78, 5) is 26.1. The zero-order chi connectivity index (χ0) is 30.1. The molecular formula is C28H36ClF3N6O3. The van der Waals surface area contributed by atoms with E-state index in [1.165, 1.54) is 6.92 Å². The minimum absolute atomic E-state index is 0.00246. The molecule has 0 bridgehead atoms. The maximum Gasteiger partial charge on any atom is 0.390 e. The topological polar surface area (TPSA) is 117 Å². The number of allylic oxidation sites excluding steroid dienone is 2. The summed E-state index contributed by atoms with van der Waals surface area (Å²) < 4.78 is 43.7. The second kappa shape index (κ2) is 12.1. The Morgan fingerprint density at radius 2 is 1.93 bits per heavy atom. The van der Waals surface area contributed by atoms with Crippen LogP contribution in [-0.4, -0.2) is 91.0 Å². The van der Waals surface area contributed by atoms with Gasteiger partial charge >= 0.3 is 6.18 Å². The van der Waals surface area contributed by atoms with Gasteiger partial charge in [0.05, 0.1) is 22.7 Å². The molecule has 0 unspecified atom stereocenters. The molecule has 1 spiro atoms. The van der Waals surface area contributed by atoms with E-state index in [0.29, 0.717) is 71.8 Å². The third-order valence-electron chi connectivity index (χ3n) is 7.35. The van der Waals surface area contributed by atoms with Crippen molar-refractivity contribution in [2.45, 2.75) is 39.5 Å². The van der Waals surface area contributed by atoms with Crippen molar-refractivity contribution >= 4 is 28.8 Å². The van der Waals surface area contributed by atoms with Gasteiger partial charge in [-0.25, -0.2) is 9.97 Å². The highest BCUT2D eigenvalue weighted by atomic mass is 35.5. The van der Waals surface area contributed by atoms with Crippen molar-refractivity contribution in [1.82, 2.24) is 20.2 Å². The highest BCUT2D eigenvalue weighted by Gasteiger charge is 2.52. The van der Waals surface area contributed by atoms with E-state index in [1.807, 2.05) is 11.8 Å². The molecule has 9 nitrogen and oxygen atoms in total. The Hall–Kier alpha value is -2.93. The van der Waals surface area contributed by atoms with Crippen LogP contribution in [0.1, 0.15) is 31.5 Å². The summed E-state index contributed by atoms with van der Waals surface area (Å²) in [6.07, 6.45) is -5.70. The summed E-state index contributed by atoms with van der Waals surface area (Å²) in [7, 11) is 1.73. The molecule has 0 radical (unpaired) electrons. The number of ether oxygens (including phenoxy) is 1. The van der Waals surface area contributed by atoms with Gasteiger partial charge in [-0.3, -0.25) is 4.79 Å². The largest absolute Gasteiger partial charge is 0.491 e. The van der Waals surface area contributed by atoms with Crippen LogP contribution in [0.25, 0.3) is 17.0 Å². The lowest BCUT2D eigenvalue weighted by molar-refractivity contribution is -0.146. The number of halogens is 4. The summed E-state index contributed by atoms with van der Waals surface area (Å²) in [5.74, 6) is 1.09. The number of aromatic nitrogens is 2. The van der Waals surface area contributed by atoms with E-state index < -0.39 is 18.7 Å². The molecular weight excluding hydrogens is 561 g/mol. The molecule has 13 heteroatoms. The van der Waals surface area contributed by atoms with Crippen LogP contribution in [-0.2, 0) is 4.79 Å². The van der Waals surface area contributed by atoms with Crippen molar-refractivity contribution in [3.05, 3.63) is 40.2 Å². The number of anilines is 1. The monoisotopic (exact) mass is 596 g/mol. The molecule has 2 fully saturated rings. The molecule has 1 atom stereocenters. The quantitative estimate of drug-likeness (QED) is 0.336. The number of alkyl halides is 3. The standard InChI is InChI=1S/C28H36ClF3N6O3/c1-16-24(23(17(2)33)18(3)39)35-25(21-9-20(5-6-22(21)29)41-11-19(40)10-34-4)36-26(16)38-14-27(15-38)12-37(13-27)8-7-28(30,31)32/h5-6,9,19,34,40H,7-8,10-15,33H2,1-4H3/t19-/m1/s1. The summed E-state index contributed by atoms with van der Waals surface area (Å²) in [5, 5.41) is 13.3. The normalized spacial score (nSPS) is 18.0. The van der Waals surface area contributed by atoms with Gasteiger partial charge in [-0.05, 0) is 46.0 Å². The first-order valence-electron chi connectivity index (χ1n) is 13.4. The number of benzene rings is 1. The lowest BCUT2D eigenvalue weighted by Gasteiger charge is -2.61. The van der Waals surface area contributed by atoms with Crippen LogP contribution in [0, 0.1) is 12.3 Å². The van der Waals surface area contributed by atoms with E-state index in [1.54, 1.807) is 32.2 Å². The zero-order valence-corrected chi connectivity index (χ0v) is 24.4. The smallest absolute Gasteiger partial charge is 0.390 e. The third kappa shape index (κ3) is 7.11. The lowest BCUT2D eigenvalue weighted by atomic mass is 9.72. The highest BCUT2D eigenvalue weighted by molar-refractivity contribution is 6.33. The lowest BCUT2D eigenvalue weighted by Crippen LogP contribution is -2.72. The van der Waals surface area contributed by atoms with E-state index >= 15 is 0 Å². The van der Waals surface area contributed by atoms with Crippen LogP contribution in [0.5, 0.6) is 5.75 Å². The zero-order valence-electron chi connectivity index (χ0n) is 23.6. The van der Waals surface area contributed by atoms with Crippen LogP contribution < -0.4 is 20.7 Å². The summed E-state index contributed by atoms with van der Waals surface area (Å²) >= 11 is 6.58. The molecule has 1 aromatic carbocycles. The second-order valence-corrected chi connectivity index (χ2v) is 11.5. The molecule has 41 heavy (non-hydrogen) atoms. The van der Waals surface area contributed by atoms with E-state index in [9.17, 15) is 23.1 Å². The molecule has 2 saturated heterocycles.